The zero-order valence-electron chi connectivity index (χ0n) is 11.8. The Balaban J connectivity index is 2.35. The maximum absolute atomic E-state index is 11.3. The van der Waals surface area contributed by atoms with Crippen LogP contribution < -0.4 is 10.2 Å². The third kappa shape index (κ3) is 3.09. The van der Waals surface area contributed by atoms with Crippen molar-refractivity contribution in [2.75, 3.05) is 24.3 Å². The van der Waals surface area contributed by atoms with E-state index in [1.807, 2.05) is 56.3 Å². The van der Waals surface area contributed by atoms with E-state index < -0.39 is 5.97 Å². The highest BCUT2D eigenvalue weighted by molar-refractivity contribution is 5.95. The minimum atomic E-state index is -0.931. The Kier molecular flexibility index (Phi) is 3.94. The summed E-state index contributed by atoms with van der Waals surface area (Å²) in [5.41, 5.74) is 3.72. The van der Waals surface area contributed by atoms with Crippen LogP contribution in [0.2, 0.25) is 0 Å². The van der Waals surface area contributed by atoms with Gasteiger partial charge in [-0.1, -0.05) is 17.7 Å². The normalized spacial score (nSPS) is 10.2. The number of aryl methyl sites for hydroxylation is 1. The molecular weight excluding hydrogens is 252 g/mol. The minimum absolute atomic E-state index is 0.278. The molecule has 4 heteroatoms. The maximum Gasteiger partial charge on any atom is 0.337 e. The molecule has 0 heterocycles. The van der Waals surface area contributed by atoms with Crippen LogP contribution >= 0.6 is 0 Å². The molecule has 2 aromatic carbocycles. The number of rotatable bonds is 4. The van der Waals surface area contributed by atoms with Crippen molar-refractivity contribution in [1.82, 2.24) is 0 Å². The quantitative estimate of drug-likeness (QED) is 0.892. The first-order chi connectivity index (χ1) is 9.47. The summed E-state index contributed by atoms with van der Waals surface area (Å²) >= 11 is 0. The summed E-state index contributed by atoms with van der Waals surface area (Å²) in [5, 5.41) is 12.4. The van der Waals surface area contributed by atoms with E-state index in [9.17, 15) is 9.90 Å². The number of carboxylic acids is 1. The molecule has 0 aliphatic heterocycles. The van der Waals surface area contributed by atoms with Gasteiger partial charge in [0.1, 0.15) is 0 Å². The van der Waals surface area contributed by atoms with Gasteiger partial charge in [-0.2, -0.15) is 0 Å². The monoisotopic (exact) mass is 270 g/mol. The molecule has 0 saturated carbocycles. The van der Waals surface area contributed by atoms with Crippen LogP contribution in [0, 0.1) is 6.92 Å². The fourth-order valence-corrected chi connectivity index (χ4v) is 1.96. The van der Waals surface area contributed by atoms with Crippen LogP contribution in [0.5, 0.6) is 0 Å². The molecule has 0 amide bonds. The lowest BCUT2D eigenvalue weighted by Gasteiger charge is -2.15. The van der Waals surface area contributed by atoms with Crippen LogP contribution in [0.1, 0.15) is 15.9 Å². The first-order valence-electron chi connectivity index (χ1n) is 6.36. The van der Waals surface area contributed by atoms with Crippen molar-refractivity contribution in [2.24, 2.45) is 0 Å². The highest BCUT2D eigenvalue weighted by atomic mass is 16.4. The molecule has 2 aromatic rings. The summed E-state index contributed by atoms with van der Waals surface area (Å²) in [4.78, 5) is 13.3. The van der Waals surface area contributed by atoms with Gasteiger partial charge < -0.3 is 15.3 Å². The van der Waals surface area contributed by atoms with Crippen LogP contribution in [0.25, 0.3) is 0 Å². The molecule has 4 nitrogen and oxygen atoms in total. The number of carbonyl (C=O) groups is 1. The smallest absolute Gasteiger partial charge is 0.337 e. The van der Waals surface area contributed by atoms with E-state index in [-0.39, 0.29) is 5.56 Å². The predicted octanol–water partition coefficient (Wildman–Crippen LogP) is 3.50. The lowest BCUT2D eigenvalue weighted by Crippen LogP contribution is -2.09. The summed E-state index contributed by atoms with van der Waals surface area (Å²) in [5.74, 6) is -0.931. The SMILES string of the molecule is Cc1ccc(Nc2cccc(N(C)C)c2)c(C(=O)O)c1. The van der Waals surface area contributed by atoms with E-state index >= 15 is 0 Å². The Labute approximate surface area is 118 Å². The number of benzene rings is 2. The van der Waals surface area contributed by atoms with Crippen LogP contribution in [0.15, 0.2) is 42.5 Å². The number of carboxylic acid groups (broad SMARTS) is 1. The van der Waals surface area contributed by atoms with Gasteiger partial charge >= 0.3 is 5.97 Å². The molecule has 2 rings (SSSR count). The van der Waals surface area contributed by atoms with Crippen molar-refractivity contribution in [2.45, 2.75) is 6.92 Å². The van der Waals surface area contributed by atoms with Crippen LogP contribution in [-0.2, 0) is 0 Å². The molecule has 0 aliphatic carbocycles. The first-order valence-corrected chi connectivity index (χ1v) is 6.36. The van der Waals surface area contributed by atoms with E-state index in [1.54, 1.807) is 12.1 Å². The second kappa shape index (κ2) is 5.65. The highest BCUT2D eigenvalue weighted by Gasteiger charge is 2.10. The topological polar surface area (TPSA) is 52.6 Å². The van der Waals surface area contributed by atoms with Crippen molar-refractivity contribution in [1.29, 1.82) is 0 Å². The van der Waals surface area contributed by atoms with Gasteiger partial charge in [0, 0.05) is 25.5 Å². The van der Waals surface area contributed by atoms with Gasteiger partial charge in [-0.05, 0) is 37.3 Å². The molecular formula is C16H18N2O2. The van der Waals surface area contributed by atoms with Crippen molar-refractivity contribution in [3.63, 3.8) is 0 Å². The standard InChI is InChI=1S/C16H18N2O2/c1-11-7-8-15(14(9-11)16(19)20)17-12-5-4-6-13(10-12)18(2)3/h4-10,17H,1-3H3,(H,19,20). The molecule has 2 N–H and O–H groups in total. The lowest BCUT2D eigenvalue weighted by molar-refractivity contribution is 0.0698. The van der Waals surface area contributed by atoms with Crippen molar-refractivity contribution in [3.05, 3.63) is 53.6 Å². The Hall–Kier alpha value is -2.49. The van der Waals surface area contributed by atoms with Crippen LogP contribution in [0.3, 0.4) is 0 Å². The number of hydrogen-bond acceptors (Lipinski definition) is 3. The van der Waals surface area contributed by atoms with Gasteiger partial charge in [-0.3, -0.25) is 0 Å². The molecule has 0 aromatic heterocycles. The molecule has 20 heavy (non-hydrogen) atoms. The largest absolute Gasteiger partial charge is 0.478 e. The van der Waals surface area contributed by atoms with Crippen LogP contribution in [-0.4, -0.2) is 25.2 Å². The van der Waals surface area contributed by atoms with Gasteiger partial charge in [0.2, 0.25) is 0 Å². The fourth-order valence-electron chi connectivity index (χ4n) is 1.96. The molecule has 104 valence electrons. The maximum atomic E-state index is 11.3. The van der Waals surface area contributed by atoms with E-state index in [4.69, 9.17) is 0 Å². The van der Waals surface area contributed by atoms with Gasteiger partial charge in [-0.15, -0.1) is 0 Å². The lowest BCUT2D eigenvalue weighted by atomic mass is 10.1. The van der Waals surface area contributed by atoms with E-state index in [0.29, 0.717) is 5.69 Å². The molecule has 0 aliphatic rings. The minimum Gasteiger partial charge on any atom is -0.478 e. The molecule has 0 bridgehead atoms. The molecule has 0 atom stereocenters. The average Bonchev–Trinajstić information content (AvgIpc) is 2.41. The van der Waals surface area contributed by atoms with Gasteiger partial charge in [0.25, 0.3) is 0 Å². The summed E-state index contributed by atoms with van der Waals surface area (Å²) in [6.07, 6.45) is 0. The van der Waals surface area contributed by atoms with Crippen molar-refractivity contribution in [3.8, 4) is 0 Å². The Morgan fingerprint density at radius 3 is 2.55 bits per heavy atom. The molecule has 0 radical (unpaired) electrons. The number of hydrogen-bond donors (Lipinski definition) is 2. The summed E-state index contributed by atoms with van der Waals surface area (Å²) in [6.45, 7) is 1.88. The first kappa shape index (κ1) is 13.9. The molecule has 0 spiro atoms. The Morgan fingerprint density at radius 2 is 1.90 bits per heavy atom. The van der Waals surface area contributed by atoms with E-state index in [1.165, 1.54) is 0 Å². The highest BCUT2D eigenvalue weighted by Crippen LogP contribution is 2.24. The average molecular weight is 270 g/mol. The van der Waals surface area contributed by atoms with E-state index in [0.717, 1.165) is 16.9 Å². The zero-order chi connectivity index (χ0) is 14.7. The zero-order valence-corrected chi connectivity index (χ0v) is 11.8. The number of anilines is 3. The summed E-state index contributed by atoms with van der Waals surface area (Å²) < 4.78 is 0. The third-order valence-electron chi connectivity index (χ3n) is 3.05. The number of nitrogens with one attached hydrogen (secondary N) is 1. The summed E-state index contributed by atoms with van der Waals surface area (Å²) in [7, 11) is 3.93. The number of aromatic carboxylic acids is 1. The van der Waals surface area contributed by atoms with E-state index in [2.05, 4.69) is 5.32 Å². The predicted molar refractivity (Wildman–Crippen MR) is 82.2 cm³/mol. The third-order valence-corrected chi connectivity index (χ3v) is 3.05. The van der Waals surface area contributed by atoms with Gasteiger partial charge in [0.15, 0.2) is 0 Å². The fraction of sp³-hybridized carbons (Fsp3) is 0.188. The molecule has 0 fully saturated rings. The van der Waals surface area contributed by atoms with Gasteiger partial charge in [-0.25, -0.2) is 4.79 Å². The second-order valence-corrected chi connectivity index (χ2v) is 4.92. The molecule has 0 saturated heterocycles. The van der Waals surface area contributed by atoms with Gasteiger partial charge in [0.05, 0.1) is 11.3 Å². The summed E-state index contributed by atoms with van der Waals surface area (Å²) in [6, 6.07) is 13.2. The second-order valence-electron chi connectivity index (χ2n) is 4.92. The van der Waals surface area contributed by atoms with Crippen molar-refractivity contribution >= 4 is 23.0 Å². The molecule has 0 unspecified atom stereocenters. The number of nitrogens with zero attached hydrogens (tertiary/aromatic N) is 1. The van der Waals surface area contributed by atoms with Crippen LogP contribution in [0.4, 0.5) is 17.1 Å². The van der Waals surface area contributed by atoms with Crippen molar-refractivity contribution < 1.29 is 9.90 Å². The Bertz CT molecular complexity index is 636. The Morgan fingerprint density at radius 1 is 1.15 bits per heavy atom.